The number of nitrogens with one attached hydrogen (secondary N) is 1. The van der Waals surface area contributed by atoms with E-state index in [0.717, 1.165) is 5.56 Å². The lowest BCUT2D eigenvalue weighted by atomic mass is 9.97. The second-order valence-corrected chi connectivity index (χ2v) is 6.35. The van der Waals surface area contributed by atoms with Crippen LogP contribution < -0.4 is 5.32 Å². The van der Waals surface area contributed by atoms with Crippen LogP contribution in [0.1, 0.15) is 36.2 Å². The first-order chi connectivity index (χ1) is 11.3. The number of rotatable bonds is 7. The first kappa shape index (κ1) is 17.7. The van der Waals surface area contributed by atoms with Crippen molar-refractivity contribution in [1.29, 1.82) is 0 Å². The van der Waals surface area contributed by atoms with Crippen molar-refractivity contribution in [2.45, 2.75) is 20.3 Å². The molecule has 1 unspecified atom stereocenters. The van der Waals surface area contributed by atoms with E-state index in [2.05, 4.69) is 11.9 Å². The molecule has 0 radical (unpaired) electrons. The number of carbonyl (C=O) groups is 3. The number of benzene rings is 1. The molecule has 0 aromatic heterocycles. The van der Waals surface area contributed by atoms with E-state index in [0.29, 0.717) is 17.7 Å². The van der Waals surface area contributed by atoms with Gasteiger partial charge in [0.2, 0.25) is 5.91 Å². The van der Waals surface area contributed by atoms with Crippen molar-refractivity contribution in [3.05, 3.63) is 42.0 Å². The first-order valence-electron chi connectivity index (χ1n) is 7.91. The topological polar surface area (TPSA) is 86.7 Å². The van der Waals surface area contributed by atoms with Gasteiger partial charge in [-0.05, 0) is 18.4 Å². The molecule has 1 aromatic carbocycles. The van der Waals surface area contributed by atoms with Crippen molar-refractivity contribution >= 4 is 23.5 Å². The fourth-order valence-electron chi connectivity index (χ4n) is 2.78. The molecule has 1 aliphatic rings. The molecule has 2 amide bonds. The highest BCUT2D eigenvalue weighted by molar-refractivity contribution is 6.10. The van der Waals surface area contributed by atoms with Gasteiger partial charge in [0.05, 0.1) is 5.92 Å². The Bertz CT molecular complexity index is 646. The molecule has 0 saturated carbocycles. The van der Waals surface area contributed by atoms with Crippen LogP contribution in [0.4, 0.5) is 0 Å². The molecule has 128 valence electrons. The van der Waals surface area contributed by atoms with Crippen LogP contribution in [-0.2, 0) is 9.59 Å². The fraction of sp³-hybridized carbons (Fsp3) is 0.389. The van der Waals surface area contributed by atoms with E-state index in [-0.39, 0.29) is 24.9 Å². The molecule has 1 aliphatic heterocycles. The van der Waals surface area contributed by atoms with Gasteiger partial charge in [-0.15, -0.1) is 0 Å². The number of hydrogen-bond donors (Lipinski definition) is 2. The second kappa shape index (κ2) is 7.29. The summed E-state index contributed by atoms with van der Waals surface area (Å²) in [5, 5.41) is 11.8. The van der Waals surface area contributed by atoms with Gasteiger partial charge in [-0.2, -0.15) is 0 Å². The van der Waals surface area contributed by atoms with Crippen molar-refractivity contribution < 1.29 is 19.5 Å². The summed E-state index contributed by atoms with van der Waals surface area (Å²) in [5.41, 5.74) is 1.74. The quantitative estimate of drug-likeness (QED) is 0.800. The van der Waals surface area contributed by atoms with Crippen LogP contribution >= 0.6 is 0 Å². The number of carboxylic acid groups (broad SMARTS) is 1. The Balaban J connectivity index is 1.95. The fourth-order valence-corrected chi connectivity index (χ4v) is 2.78. The maximum absolute atomic E-state index is 12.3. The van der Waals surface area contributed by atoms with Gasteiger partial charge in [-0.1, -0.05) is 38.6 Å². The van der Waals surface area contributed by atoms with Gasteiger partial charge in [0.25, 0.3) is 5.91 Å². The highest BCUT2D eigenvalue weighted by atomic mass is 16.4. The molecule has 0 fully saturated rings. The molecule has 1 aromatic rings. The Morgan fingerprint density at radius 3 is 2.42 bits per heavy atom. The first-order valence-corrected chi connectivity index (χ1v) is 7.91. The Morgan fingerprint density at radius 1 is 1.25 bits per heavy atom. The predicted molar refractivity (Wildman–Crippen MR) is 90.1 cm³/mol. The van der Waals surface area contributed by atoms with E-state index < -0.39 is 17.8 Å². The van der Waals surface area contributed by atoms with Gasteiger partial charge in [0, 0.05) is 23.4 Å². The maximum atomic E-state index is 12.3. The molecule has 6 nitrogen and oxygen atoms in total. The highest BCUT2D eigenvalue weighted by Crippen LogP contribution is 2.30. The number of hydrogen-bond acceptors (Lipinski definition) is 3. The molecule has 1 atom stereocenters. The third-order valence-corrected chi connectivity index (χ3v) is 3.99. The molecule has 2 rings (SSSR count). The summed E-state index contributed by atoms with van der Waals surface area (Å²) in [5.74, 6) is -2.01. The lowest BCUT2D eigenvalue weighted by Crippen LogP contribution is -2.40. The third kappa shape index (κ3) is 3.82. The number of carboxylic acids is 1. The summed E-state index contributed by atoms with van der Waals surface area (Å²) >= 11 is 0. The SMILES string of the molecule is C=C1c2ccccc2C(=O)N1CC(=O)NCC(CC(C)C)C(=O)O. The number of carbonyl (C=O) groups excluding carboxylic acids is 2. The minimum atomic E-state index is -0.932. The van der Waals surface area contributed by atoms with Gasteiger partial charge in [0.15, 0.2) is 0 Å². The van der Waals surface area contributed by atoms with E-state index >= 15 is 0 Å². The molecule has 24 heavy (non-hydrogen) atoms. The molecule has 0 bridgehead atoms. The number of aliphatic carboxylic acids is 1. The minimum absolute atomic E-state index is 0.0494. The maximum Gasteiger partial charge on any atom is 0.308 e. The summed E-state index contributed by atoms with van der Waals surface area (Å²) in [6, 6.07) is 7.06. The average molecular weight is 330 g/mol. The number of nitrogens with zero attached hydrogens (tertiary/aromatic N) is 1. The summed E-state index contributed by atoms with van der Waals surface area (Å²) in [6.45, 7) is 7.62. The summed E-state index contributed by atoms with van der Waals surface area (Å²) in [7, 11) is 0. The molecular formula is C18H22N2O4. The standard InChI is InChI=1S/C18H22N2O4/c1-11(2)8-13(18(23)24)9-19-16(21)10-20-12(3)14-6-4-5-7-15(14)17(20)22/h4-7,11,13H,3,8-10H2,1-2H3,(H,19,21)(H,23,24). The van der Waals surface area contributed by atoms with Crippen molar-refractivity contribution in [2.75, 3.05) is 13.1 Å². The predicted octanol–water partition coefficient (Wildman–Crippen LogP) is 1.98. The van der Waals surface area contributed by atoms with Gasteiger partial charge in [-0.25, -0.2) is 0 Å². The monoisotopic (exact) mass is 330 g/mol. The normalized spacial score (nSPS) is 14.7. The summed E-state index contributed by atoms with van der Waals surface area (Å²) < 4.78 is 0. The Labute approximate surface area is 141 Å². The van der Waals surface area contributed by atoms with Crippen LogP contribution in [0.2, 0.25) is 0 Å². The van der Waals surface area contributed by atoms with Crippen LogP contribution in [-0.4, -0.2) is 40.9 Å². The lowest BCUT2D eigenvalue weighted by Gasteiger charge is -2.19. The van der Waals surface area contributed by atoms with Gasteiger partial charge < -0.3 is 10.4 Å². The van der Waals surface area contributed by atoms with Gasteiger partial charge >= 0.3 is 5.97 Å². The molecule has 0 spiro atoms. The molecular weight excluding hydrogens is 308 g/mol. The van der Waals surface area contributed by atoms with Crippen LogP contribution in [0, 0.1) is 11.8 Å². The zero-order chi connectivity index (χ0) is 17.9. The number of amides is 2. The Morgan fingerprint density at radius 2 is 1.88 bits per heavy atom. The minimum Gasteiger partial charge on any atom is -0.481 e. The molecule has 0 aliphatic carbocycles. The zero-order valence-corrected chi connectivity index (χ0v) is 13.9. The molecule has 1 heterocycles. The lowest BCUT2D eigenvalue weighted by molar-refractivity contribution is -0.142. The second-order valence-electron chi connectivity index (χ2n) is 6.35. The molecule has 0 saturated heterocycles. The summed E-state index contributed by atoms with van der Waals surface area (Å²) in [6.07, 6.45) is 0.483. The van der Waals surface area contributed by atoms with Crippen LogP contribution in [0.25, 0.3) is 5.70 Å². The van der Waals surface area contributed by atoms with Crippen LogP contribution in [0.3, 0.4) is 0 Å². The largest absolute Gasteiger partial charge is 0.481 e. The van der Waals surface area contributed by atoms with Gasteiger partial charge in [0.1, 0.15) is 6.54 Å². The van der Waals surface area contributed by atoms with Crippen molar-refractivity contribution in [3.8, 4) is 0 Å². The molecule has 6 heteroatoms. The van der Waals surface area contributed by atoms with E-state index in [1.54, 1.807) is 18.2 Å². The van der Waals surface area contributed by atoms with Gasteiger partial charge in [-0.3, -0.25) is 19.3 Å². The van der Waals surface area contributed by atoms with Crippen molar-refractivity contribution in [1.82, 2.24) is 10.2 Å². The Hall–Kier alpha value is -2.63. The zero-order valence-electron chi connectivity index (χ0n) is 13.9. The van der Waals surface area contributed by atoms with E-state index in [4.69, 9.17) is 0 Å². The Kier molecular flexibility index (Phi) is 5.39. The van der Waals surface area contributed by atoms with E-state index in [1.807, 2.05) is 19.9 Å². The summed E-state index contributed by atoms with van der Waals surface area (Å²) in [4.78, 5) is 37.0. The number of fused-ring (bicyclic) bond motifs is 1. The van der Waals surface area contributed by atoms with Crippen molar-refractivity contribution in [2.24, 2.45) is 11.8 Å². The average Bonchev–Trinajstić information content (AvgIpc) is 2.76. The van der Waals surface area contributed by atoms with Crippen LogP contribution in [0.15, 0.2) is 30.8 Å². The van der Waals surface area contributed by atoms with Crippen molar-refractivity contribution in [3.63, 3.8) is 0 Å². The van der Waals surface area contributed by atoms with E-state index in [9.17, 15) is 19.5 Å². The third-order valence-electron chi connectivity index (χ3n) is 3.99. The van der Waals surface area contributed by atoms with Crippen LogP contribution in [0.5, 0.6) is 0 Å². The van der Waals surface area contributed by atoms with E-state index in [1.165, 1.54) is 4.90 Å². The molecule has 2 N–H and O–H groups in total. The highest BCUT2D eigenvalue weighted by Gasteiger charge is 2.32. The smallest absolute Gasteiger partial charge is 0.308 e.